The van der Waals surface area contributed by atoms with Gasteiger partial charge in [-0.2, -0.15) is 0 Å². The normalized spacial score (nSPS) is 11.0. The van der Waals surface area contributed by atoms with Gasteiger partial charge in [0.25, 0.3) is 11.5 Å². The number of fused-ring (bicyclic) bond motifs is 1. The molecule has 0 bridgehead atoms. The number of aryl methyl sites for hydroxylation is 1. The average Bonchev–Trinajstić information content (AvgIpc) is 3.18. The number of rotatable bonds is 6. The van der Waals surface area contributed by atoms with E-state index >= 15 is 0 Å². The summed E-state index contributed by atoms with van der Waals surface area (Å²) in [6.07, 6.45) is 2.89. The predicted molar refractivity (Wildman–Crippen MR) is 135 cm³/mol. The summed E-state index contributed by atoms with van der Waals surface area (Å²) in [5.74, 6) is -1.15. The molecule has 13 heteroatoms. The van der Waals surface area contributed by atoms with Crippen LogP contribution in [0.5, 0.6) is 11.6 Å². The maximum Gasteiger partial charge on any atom is 0.263 e. The molecule has 0 atom stereocenters. The Morgan fingerprint density at radius 3 is 2.61 bits per heavy atom. The summed E-state index contributed by atoms with van der Waals surface area (Å²) in [5, 5.41) is 13.1. The quantitative estimate of drug-likeness (QED) is 0.346. The smallest absolute Gasteiger partial charge is 0.263 e. The van der Waals surface area contributed by atoms with Gasteiger partial charge in [0.2, 0.25) is 11.8 Å². The van der Waals surface area contributed by atoms with Crippen LogP contribution in [0.1, 0.15) is 16.2 Å². The van der Waals surface area contributed by atoms with Crippen molar-refractivity contribution < 1.29 is 19.4 Å². The number of phenols is 1. The number of nitrogens with two attached hydrogens (primary N) is 1. The molecule has 4 N–H and O–H groups in total. The molecule has 0 aliphatic heterocycles. The fraction of sp³-hybridized carbons (Fsp3) is 0.174. The first kappa shape index (κ1) is 25.0. The van der Waals surface area contributed by atoms with Crippen molar-refractivity contribution in [3.8, 4) is 22.8 Å². The number of nitrogens with one attached hydrogen (secondary N) is 1. The third kappa shape index (κ3) is 4.45. The largest absolute Gasteiger partial charge is 0.506 e. The number of hydrogen-bond donors (Lipinski definition) is 3. The van der Waals surface area contributed by atoms with Gasteiger partial charge in [-0.1, -0.05) is 23.2 Å². The lowest BCUT2D eigenvalue weighted by molar-refractivity contribution is -0.116. The van der Waals surface area contributed by atoms with Crippen molar-refractivity contribution in [3.63, 3.8) is 0 Å². The molecule has 0 aliphatic rings. The average molecular weight is 531 g/mol. The van der Waals surface area contributed by atoms with Gasteiger partial charge in [-0.15, -0.1) is 0 Å². The van der Waals surface area contributed by atoms with Crippen LogP contribution in [0.15, 0.2) is 35.4 Å². The Labute approximate surface area is 214 Å². The minimum atomic E-state index is -0.897. The van der Waals surface area contributed by atoms with Gasteiger partial charge in [-0.3, -0.25) is 19.0 Å². The van der Waals surface area contributed by atoms with Gasteiger partial charge >= 0.3 is 0 Å². The Bertz CT molecular complexity index is 1610. The predicted octanol–water partition coefficient (Wildman–Crippen LogP) is 2.86. The molecular weight excluding hydrogens is 511 g/mol. The van der Waals surface area contributed by atoms with E-state index in [1.165, 1.54) is 40.6 Å². The Kier molecular flexibility index (Phi) is 6.61. The second-order valence-corrected chi connectivity index (χ2v) is 8.68. The topological polar surface area (TPSA) is 154 Å². The third-order valence-corrected chi connectivity index (χ3v) is 6.18. The fourth-order valence-electron chi connectivity index (χ4n) is 3.67. The van der Waals surface area contributed by atoms with E-state index in [-0.39, 0.29) is 44.6 Å². The van der Waals surface area contributed by atoms with E-state index in [9.17, 15) is 19.5 Å². The van der Waals surface area contributed by atoms with E-state index < -0.39 is 17.6 Å². The van der Waals surface area contributed by atoms with Gasteiger partial charge < -0.3 is 25.5 Å². The highest BCUT2D eigenvalue weighted by Gasteiger charge is 2.22. The number of hydrogen-bond acceptors (Lipinski definition) is 7. The highest BCUT2D eigenvalue weighted by molar-refractivity contribution is 6.33. The van der Waals surface area contributed by atoms with Crippen molar-refractivity contribution in [1.82, 2.24) is 19.1 Å². The number of primary amides is 1. The second kappa shape index (κ2) is 9.51. The molecule has 0 saturated carbocycles. The molecule has 4 aromatic rings. The molecule has 0 spiro atoms. The van der Waals surface area contributed by atoms with Gasteiger partial charge in [0.05, 0.1) is 40.0 Å². The summed E-state index contributed by atoms with van der Waals surface area (Å²) >= 11 is 12.3. The van der Waals surface area contributed by atoms with E-state index in [4.69, 9.17) is 33.7 Å². The molecule has 11 nitrogen and oxygen atoms in total. The lowest BCUT2D eigenvalue weighted by Gasteiger charge is -2.10. The van der Waals surface area contributed by atoms with Crippen LogP contribution in [0.4, 0.5) is 5.69 Å². The molecule has 0 aliphatic carbocycles. The summed E-state index contributed by atoms with van der Waals surface area (Å²) in [6, 6.07) is 4.19. The molecule has 0 saturated heterocycles. The van der Waals surface area contributed by atoms with Crippen molar-refractivity contribution in [2.24, 2.45) is 12.8 Å². The first-order valence-electron chi connectivity index (χ1n) is 10.4. The molecule has 2 amide bonds. The zero-order chi connectivity index (χ0) is 26.3. The summed E-state index contributed by atoms with van der Waals surface area (Å²) in [4.78, 5) is 46.4. The van der Waals surface area contributed by atoms with Crippen molar-refractivity contribution in [3.05, 3.63) is 62.4 Å². The maximum atomic E-state index is 13.2. The molecule has 186 valence electrons. The molecule has 0 fully saturated rings. The molecule has 3 aromatic heterocycles. The van der Waals surface area contributed by atoms with Crippen LogP contribution in [0.2, 0.25) is 10.0 Å². The zero-order valence-corrected chi connectivity index (χ0v) is 20.8. The number of amides is 2. The zero-order valence-electron chi connectivity index (χ0n) is 19.3. The lowest BCUT2D eigenvalue weighted by Crippen LogP contribution is -2.22. The minimum Gasteiger partial charge on any atom is -0.506 e. The number of halogens is 2. The van der Waals surface area contributed by atoms with Crippen LogP contribution in [-0.4, -0.2) is 43.1 Å². The Hall–Kier alpha value is -4.09. The molecule has 36 heavy (non-hydrogen) atoms. The number of methoxy groups -OCH3 is 1. The number of benzene rings is 1. The standard InChI is InChI=1S/C23H20Cl2N6O5/c1-10-28-22-19(23(35)30(10)2)13(11-4-12(21(26)34)20(33)14(24)5-11)8-31(22)9-17(32)29-16-6-18(36-3)27-7-15(16)25/h4-8,33H,9H2,1-3H3,(H2,26,34)(H,27,29,32). The summed E-state index contributed by atoms with van der Waals surface area (Å²) in [7, 11) is 3.00. The van der Waals surface area contributed by atoms with E-state index in [2.05, 4.69) is 15.3 Å². The number of nitrogens with zero attached hydrogens (tertiary/aromatic N) is 4. The monoisotopic (exact) mass is 530 g/mol. The highest BCUT2D eigenvalue weighted by atomic mass is 35.5. The van der Waals surface area contributed by atoms with Crippen LogP contribution in [-0.2, 0) is 18.4 Å². The lowest BCUT2D eigenvalue weighted by atomic mass is 10.0. The van der Waals surface area contributed by atoms with E-state index in [1.54, 1.807) is 20.2 Å². The molecule has 1 aromatic carbocycles. The minimum absolute atomic E-state index is 0.127. The SMILES string of the molecule is COc1cc(NC(=O)Cn2cc(-c3cc(Cl)c(O)c(C(N)=O)c3)c3c(=O)n(C)c(C)nc32)c(Cl)cn1. The molecule has 4 rings (SSSR count). The summed E-state index contributed by atoms with van der Waals surface area (Å²) in [5.41, 5.74) is 6.00. The summed E-state index contributed by atoms with van der Waals surface area (Å²) < 4.78 is 7.92. The van der Waals surface area contributed by atoms with Crippen LogP contribution >= 0.6 is 23.2 Å². The Morgan fingerprint density at radius 1 is 1.22 bits per heavy atom. The van der Waals surface area contributed by atoms with Crippen molar-refractivity contribution >= 4 is 51.7 Å². The molecular formula is C23H20Cl2N6O5. The van der Waals surface area contributed by atoms with E-state index in [0.717, 1.165) is 0 Å². The van der Waals surface area contributed by atoms with Gasteiger partial charge in [-0.05, 0) is 24.6 Å². The number of aromatic hydroxyl groups is 1. The van der Waals surface area contributed by atoms with Crippen LogP contribution < -0.4 is 21.3 Å². The van der Waals surface area contributed by atoms with Crippen molar-refractivity contribution in [2.75, 3.05) is 12.4 Å². The number of anilines is 1. The van der Waals surface area contributed by atoms with Gasteiger partial charge in [0.1, 0.15) is 23.8 Å². The Morgan fingerprint density at radius 2 is 1.94 bits per heavy atom. The van der Waals surface area contributed by atoms with Gasteiger partial charge in [0, 0.05) is 24.9 Å². The second-order valence-electron chi connectivity index (χ2n) is 7.87. The van der Waals surface area contributed by atoms with Crippen molar-refractivity contribution in [1.29, 1.82) is 0 Å². The molecule has 0 unspecified atom stereocenters. The van der Waals surface area contributed by atoms with Crippen LogP contribution in [0, 0.1) is 6.92 Å². The van der Waals surface area contributed by atoms with Crippen LogP contribution in [0.3, 0.4) is 0 Å². The van der Waals surface area contributed by atoms with Crippen molar-refractivity contribution in [2.45, 2.75) is 13.5 Å². The van der Waals surface area contributed by atoms with Gasteiger partial charge in [0.15, 0.2) is 0 Å². The number of aromatic nitrogens is 4. The Balaban J connectivity index is 1.84. The number of carbonyl (C=O) groups is 2. The molecule has 3 heterocycles. The first-order valence-corrected chi connectivity index (χ1v) is 11.2. The number of ether oxygens (including phenoxy) is 1. The fourth-order valence-corrected chi connectivity index (χ4v) is 4.04. The number of pyridine rings is 1. The van der Waals surface area contributed by atoms with E-state index in [1.807, 2.05) is 0 Å². The first-order chi connectivity index (χ1) is 17.0. The summed E-state index contributed by atoms with van der Waals surface area (Å²) in [6.45, 7) is 1.43. The van der Waals surface area contributed by atoms with Gasteiger partial charge in [-0.25, -0.2) is 9.97 Å². The number of carbonyl (C=O) groups excluding carboxylic acids is 2. The highest BCUT2D eigenvalue weighted by Crippen LogP contribution is 2.36. The van der Waals surface area contributed by atoms with E-state index in [0.29, 0.717) is 22.6 Å². The van der Waals surface area contributed by atoms with Crippen LogP contribution in [0.25, 0.3) is 22.2 Å². The molecule has 0 radical (unpaired) electrons. The maximum absolute atomic E-state index is 13.2. The third-order valence-electron chi connectivity index (χ3n) is 5.59.